The summed E-state index contributed by atoms with van der Waals surface area (Å²) in [7, 11) is 0. The Morgan fingerprint density at radius 1 is 0.963 bits per heavy atom. The first-order valence-corrected chi connectivity index (χ1v) is 8.31. The van der Waals surface area contributed by atoms with Crippen LogP contribution < -0.4 is 10.9 Å². The molecule has 1 amide bonds. The molecular weight excluding hydrogens is 393 g/mol. The number of aromatic nitrogens is 2. The molecule has 0 fully saturated rings. The lowest BCUT2D eigenvalue weighted by Crippen LogP contribution is -2.21. The molecule has 0 saturated carbocycles. The molecule has 1 heterocycles. The van der Waals surface area contributed by atoms with E-state index in [1.165, 1.54) is 42.6 Å². The van der Waals surface area contributed by atoms with E-state index in [-0.39, 0.29) is 21.5 Å². The quantitative estimate of drug-likeness (QED) is 0.693. The zero-order chi connectivity index (χ0) is 19.6. The number of carbonyl (C=O) groups is 2. The van der Waals surface area contributed by atoms with Gasteiger partial charge < -0.3 is 10.4 Å². The Bertz CT molecular complexity index is 1080. The topological polar surface area (TPSA) is 101 Å². The molecular formula is C18H11Cl2N3O4. The molecule has 27 heavy (non-hydrogen) atoms. The van der Waals surface area contributed by atoms with E-state index < -0.39 is 11.5 Å². The van der Waals surface area contributed by atoms with E-state index in [2.05, 4.69) is 10.4 Å². The Balaban J connectivity index is 1.79. The molecule has 0 aliphatic carbocycles. The molecule has 0 atom stereocenters. The fourth-order valence-electron chi connectivity index (χ4n) is 2.25. The van der Waals surface area contributed by atoms with Gasteiger partial charge >= 0.3 is 5.97 Å². The molecule has 0 aliphatic heterocycles. The van der Waals surface area contributed by atoms with Crippen LogP contribution in [0.15, 0.2) is 59.5 Å². The van der Waals surface area contributed by atoms with Gasteiger partial charge in [0.25, 0.3) is 11.5 Å². The van der Waals surface area contributed by atoms with Crippen molar-refractivity contribution in [3.8, 4) is 5.69 Å². The molecule has 2 N–H and O–H groups in total. The minimum absolute atomic E-state index is 0.0582. The van der Waals surface area contributed by atoms with Crippen molar-refractivity contribution in [2.45, 2.75) is 0 Å². The minimum Gasteiger partial charge on any atom is -0.478 e. The summed E-state index contributed by atoms with van der Waals surface area (Å²) < 4.78 is 1.07. The maximum Gasteiger partial charge on any atom is 0.335 e. The number of amides is 1. The van der Waals surface area contributed by atoms with Crippen LogP contribution in [0.4, 0.5) is 5.69 Å². The number of benzene rings is 2. The second kappa shape index (κ2) is 7.61. The SMILES string of the molecule is O=C(O)c1ccc(NC(=O)c2ccc(-n3ncc(Cl)c(Cl)c3=O)cc2)cc1. The lowest BCUT2D eigenvalue weighted by molar-refractivity contribution is 0.0696. The number of carboxylic acids is 1. The summed E-state index contributed by atoms with van der Waals surface area (Å²) in [6, 6.07) is 11.9. The van der Waals surface area contributed by atoms with Gasteiger partial charge in [0.2, 0.25) is 0 Å². The van der Waals surface area contributed by atoms with Gasteiger partial charge in [-0.05, 0) is 48.5 Å². The Morgan fingerprint density at radius 2 is 1.56 bits per heavy atom. The first-order chi connectivity index (χ1) is 12.9. The number of rotatable bonds is 4. The van der Waals surface area contributed by atoms with E-state index in [0.717, 1.165) is 4.68 Å². The van der Waals surface area contributed by atoms with E-state index >= 15 is 0 Å². The third-order valence-corrected chi connectivity index (χ3v) is 4.39. The summed E-state index contributed by atoms with van der Waals surface area (Å²) in [5, 5.41) is 15.4. The number of nitrogens with zero attached hydrogens (tertiary/aromatic N) is 2. The molecule has 0 unspecified atom stereocenters. The van der Waals surface area contributed by atoms with Gasteiger partial charge in [0.15, 0.2) is 0 Å². The number of nitrogens with one attached hydrogen (secondary N) is 1. The Kier molecular flexibility index (Phi) is 5.25. The van der Waals surface area contributed by atoms with Gasteiger partial charge in [-0.15, -0.1) is 0 Å². The van der Waals surface area contributed by atoms with Crippen LogP contribution in [-0.4, -0.2) is 26.8 Å². The standard InChI is InChI=1S/C18H11Cl2N3O4/c19-14-9-21-23(17(25)15(14)20)13-7-3-10(4-8-13)16(24)22-12-5-1-11(2-6-12)18(26)27/h1-9H,(H,22,24)(H,26,27). The van der Waals surface area contributed by atoms with Crippen molar-refractivity contribution in [1.29, 1.82) is 0 Å². The molecule has 3 aromatic rings. The predicted molar refractivity (Wildman–Crippen MR) is 101 cm³/mol. The average Bonchev–Trinajstić information content (AvgIpc) is 2.67. The smallest absolute Gasteiger partial charge is 0.335 e. The van der Waals surface area contributed by atoms with Gasteiger partial charge in [-0.2, -0.15) is 9.78 Å². The second-order valence-electron chi connectivity index (χ2n) is 5.41. The van der Waals surface area contributed by atoms with Crippen LogP contribution in [0.25, 0.3) is 5.69 Å². The Morgan fingerprint density at radius 3 is 2.15 bits per heavy atom. The number of hydrogen-bond donors (Lipinski definition) is 2. The van der Waals surface area contributed by atoms with Gasteiger partial charge in [-0.3, -0.25) is 9.59 Å². The van der Waals surface area contributed by atoms with Crippen LogP contribution in [0.5, 0.6) is 0 Å². The number of carbonyl (C=O) groups excluding carboxylic acids is 1. The highest BCUT2D eigenvalue weighted by molar-refractivity contribution is 6.41. The van der Waals surface area contributed by atoms with Crippen LogP contribution in [0, 0.1) is 0 Å². The summed E-state index contributed by atoms with van der Waals surface area (Å²) in [4.78, 5) is 35.2. The molecule has 0 radical (unpaired) electrons. The third-order valence-electron chi connectivity index (χ3n) is 3.64. The first-order valence-electron chi connectivity index (χ1n) is 7.55. The number of aromatic carboxylic acids is 1. The molecule has 9 heteroatoms. The van der Waals surface area contributed by atoms with Crippen molar-refractivity contribution < 1.29 is 14.7 Å². The zero-order valence-corrected chi connectivity index (χ0v) is 15.0. The molecule has 7 nitrogen and oxygen atoms in total. The highest BCUT2D eigenvalue weighted by atomic mass is 35.5. The van der Waals surface area contributed by atoms with Crippen molar-refractivity contribution in [2.75, 3.05) is 5.32 Å². The molecule has 1 aromatic heterocycles. The lowest BCUT2D eigenvalue weighted by Gasteiger charge is -2.08. The summed E-state index contributed by atoms with van der Waals surface area (Å²) in [5.41, 5.74) is 0.767. The van der Waals surface area contributed by atoms with Crippen LogP contribution in [0.3, 0.4) is 0 Å². The zero-order valence-electron chi connectivity index (χ0n) is 13.5. The van der Waals surface area contributed by atoms with Crippen LogP contribution >= 0.6 is 23.2 Å². The number of hydrogen-bond acceptors (Lipinski definition) is 4. The van der Waals surface area contributed by atoms with Gasteiger partial charge in [0.05, 0.1) is 22.5 Å². The van der Waals surface area contributed by atoms with Crippen molar-refractivity contribution >= 4 is 40.8 Å². The molecule has 0 spiro atoms. The third kappa shape index (κ3) is 3.99. The Labute approximate surface area is 162 Å². The summed E-state index contributed by atoms with van der Waals surface area (Å²) in [6.07, 6.45) is 1.26. The predicted octanol–water partition coefficient (Wildman–Crippen LogP) is 3.49. The maximum atomic E-state index is 12.3. The number of anilines is 1. The van der Waals surface area contributed by atoms with Gasteiger partial charge in [-0.25, -0.2) is 4.79 Å². The van der Waals surface area contributed by atoms with E-state index in [4.69, 9.17) is 28.3 Å². The van der Waals surface area contributed by atoms with Crippen molar-refractivity contribution in [3.63, 3.8) is 0 Å². The largest absolute Gasteiger partial charge is 0.478 e. The van der Waals surface area contributed by atoms with Crippen LogP contribution in [0.1, 0.15) is 20.7 Å². The monoisotopic (exact) mass is 403 g/mol. The second-order valence-corrected chi connectivity index (χ2v) is 6.19. The highest BCUT2D eigenvalue weighted by Crippen LogP contribution is 2.17. The highest BCUT2D eigenvalue weighted by Gasteiger charge is 2.11. The maximum absolute atomic E-state index is 12.3. The fraction of sp³-hybridized carbons (Fsp3) is 0. The fourth-order valence-corrected chi connectivity index (χ4v) is 2.50. The summed E-state index contributed by atoms with van der Waals surface area (Å²) in [5.74, 6) is -1.44. The summed E-state index contributed by atoms with van der Waals surface area (Å²) >= 11 is 11.6. The van der Waals surface area contributed by atoms with E-state index in [1.54, 1.807) is 12.1 Å². The Hall–Kier alpha value is -3.16. The lowest BCUT2D eigenvalue weighted by atomic mass is 10.1. The summed E-state index contributed by atoms with van der Waals surface area (Å²) in [6.45, 7) is 0. The minimum atomic E-state index is -1.05. The number of carboxylic acid groups (broad SMARTS) is 1. The molecule has 0 saturated heterocycles. The van der Waals surface area contributed by atoms with Crippen LogP contribution in [0.2, 0.25) is 10.0 Å². The van der Waals surface area contributed by atoms with E-state index in [1.807, 2.05) is 0 Å². The van der Waals surface area contributed by atoms with Gasteiger partial charge in [0.1, 0.15) is 5.02 Å². The normalized spacial score (nSPS) is 10.4. The van der Waals surface area contributed by atoms with Gasteiger partial charge in [-0.1, -0.05) is 23.2 Å². The first kappa shape index (κ1) is 18.6. The van der Waals surface area contributed by atoms with E-state index in [9.17, 15) is 14.4 Å². The number of halogens is 2. The van der Waals surface area contributed by atoms with Crippen molar-refractivity contribution in [1.82, 2.24) is 9.78 Å². The molecule has 136 valence electrons. The average molecular weight is 404 g/mol. The molecule has 0 aliphatic rings. The molecule has 2 aromatic carbocycles. The van der Waals surface area contributed by atoms with Gasteiger partial charge in [0, 0.05) is 11.3 Å². The van der Waals surface area contributed by atoms with Crippen molar-refractivity contribution in [2.24, 2.45) is 0 Å². The van der Waals surface area contributed by atoms with Crippen LogP contribution in [-0.2, 0) is 0 Å². The molecule has 0 bridgehead atoms. The van der Waals surface area contributed by atoms with E-state index in [0.29, 0.717) is 16.9 Å². The van der Waals surface area contributed by atoms with Crippen molar-refractivity contribution in [3.05, 3.63) is 86.3 Å². The molecule has 3 rings (SSSR count).